The molecule has 1 heterocycles. The number of rotatable bonds is 3. The molecule has 112 valence electrons. The first-order chi connectivity index (χ1) is 9.17. The molecule has 20 heavy (non-hydrogen) atoms. The molecule has 6 heteroatoms. The molecule has 0 bridgehead atoms. The van der Waals surface area contributed by atoms with Gasteiger partial charge in [-0.3, -0.25) is 4.79 Å². The van der Waals surface area contributed by atoms with Gasteiger partial charge in [0.25, 0.3) is 5.91 Å². The van der Waals surface area contributed by atoms with Crippen LogP contribution >= 0.6 is 12.4 Å². The maximum Gasteiger partial charge on any atom is 0.254 e. The molecular weight excluding hydrogens is 280 g/mol. The predicted octanol–water partition coefficient (Wildman–Crippen LogP) is 1.48. The number of amides is 1. The molecule has 0 saturated carbocycles. The molecule has 0 atom stereocenters. The van der Waals surface area contributed by atoms with Crippen LogP contribution in [0.4, 0.5) is 0 Å². The van der Waals surface area contributed by atoms with Gasteiger partial charge in [0.15, 0.2) is 0 Å². The van der Waals surface area contributed by atoms with E-state index in [0.717, 1.165) is 31.7 Å². The molecule has 1 fully saturated rings. The number of carbonyl (C=O) groups is 1. The van der Waals surface area contributed by atoms with E-state index in [9.17, 15) is 4.79 Å². The maximum absolute atomic E-state index is 12.4. The van der Waals surface area contributed by atoms with Gasteiger partial charge in [0.1, 0.15) is 11.5 Å². The van der Waals surface area contributed by atoms with E-state index in [4.69, 9.17) is 9.47 Å². The van der Waals surface area contributed by atoms with Crippen molar-refractivity contribution in [2.75, 3.05) is 40.4 Å². The van der Waals surface area contributed by atoms with E-state index in [2.05, 4.69) is 5.32 Å². The molecule has 1 amide bonds. The first-order valence-corrected chi connectivity index (χ1v) is 6.40. The zero-order valence-corrected chi connectivity index (χ0v) is 12.9. The van der Waals surface area contributed by atoms with Gasteiger partial charge in [-0.15, -0.1) is 12.4 Å². The molecule has 1 aliphatic rings. The van der Waals surface area contributed by atoms with Crippen molar-refractivity contribution in [1.29, 1.82) is 0 Å². The van der Waals surface area contributed by atoms with E-state index in [1.165, 1.54) is 0 Å². The molecule has 0 spiro atoms. The molecular formula is C14H21ClN2O3. The molecule has 0 aliphatic carbocycles. The standard InChI is InChI=1S/C14H20N2O3.ClH/c1-10-12(18-2)8-11(9-13(10)19-3)14(17)16-6-4-15-5-7-16;/h8-9,15H,4-7H2,1-3H3;1H. The summed E-state index contributed by atoms with van der Waals surface area (Å²) >= 11 is 0. The molecule has 0 unspecified atom stereocenters. The van der Waals surface area contributed by atoms with Crippen LogP contribution in [0.15, 0.2) is 12.1 Å². The molecule has 5 nitrogen and oxygen atoms in total. The van der Waals surface area contributed by atoms with Crippen molar-refractivity contribution in [2.24, 2.45) is 0 Å². The minimum atomic E-state index is 0. The van der Waals surface area contributed by atoms with Crippen molar-refractivity contribution in [2.45, 2.75) is 6.92 Å². The first-order valence-electron chi connectivity index (χ1n) is 6.40. The summed E-state index contributed by atoms with van der Waals surface area (Å²) in [6.45, 7) is 5.06. The number of carbonyl (C=O) groups excluding carboxylic acids is 1. The van der Waals surface area contributed by atoms with E-state index < -0.39 is 0 Å². The number of methoxy groups -OCH3 is 2. The lowest BCUT2D eigenvalue weighted by atomic mass is 10.1. The van der Waals surface area contributed by atoms with Gasteiger partial charge in [-0.25, -0.2) is 0 Å². The Hall–Kier alpha value is -1.46. The van der Waals surface area contributed by atoms with Crippen molar-refractivity contribution >= 4 is 18.3 Å². The lowest BCUT2D eigenvalue weighted by molar-refractivity contribution is 0.0735. The molecule has 1 N–H and O–H groups in total. The van der Waals surface area contributed by atoms with Crippen LogP contribution < -0.4 is 14.8 Å². The number of nitrogens with one attached hydrogen (secondary N) is 1. The molecule has 0 aromatic heterocycles. The highest BCUT2D eigenvalue weighted by Crippen LogP contribution is 2.30. The van der Waals surface area contributed by atoms with Crippen LogP contribution in [0.5, 0.6) is 11.5 Å². The summed E-state index contributed by atoms with van der Waals surface area (Å²) in [5, 5.41) is 3.23. The number of hydrogen-bond acceptors (Lipinski definition) is 4. The summed E-state index contributed by atoms with van der Waals surface area (Å²) in [5.74, 6) is 1.38. The van der Waals surface area contributed by atoms with Crippen LogP contribution in [0.1, 0.15) is 15.9 Å². The highest BCUT2D eigenvalue weighted by atomic mass is 35.5. The van der Waals surface area contributed by atoms with Gasteiger partial charge in [0, 0.05) is 37.3 Å². The summed E-state index contributed by atoms with van der Waals surface area (Å²) in [4.78, 5) is 14.3. The molecule has 1 aromatic rings. The highest BCUT2D eigenvalue weighted by molar-refractivity contribution is 5.95. The van der Waals surface area contributed by atoms with Crippen molar-refractivity contribution in [3.8, 4) is 11.5 Å². The lowest BCUT2D eigenvalue weighted by Crippen LogP contribution is -2.46. The summed E-state index contributed by atoms with van der Waals surface area (Å²) in [7, 11) is 3.20. The molecule has 2 rings (SSSR count). The minimum Gasteiger partial charge on any atom is -0.496 e. The normalized spacial score (nSPS) is 14.4. The van der Waals surface area contributed by atoms with Gasteiger partial charge in [0.05, 0.1) is 14.2 Å². The zero-order chi connectivity index (χ0) is 13.8. The van der Waals surface area contributed by atoms with Crippen LogP contribution in [0.3, 0.4) is 0 Å². The van der Waals surface area contributed by atoms with E-state index in [-0.39, 0.29) is 18.3 Å². The highest BCUT2D eigenvalue weighted by Gasteiger charge is 2.20. The van der Waals surface area contributed by atoms with Crippen molar-refractivity contribution in [1.82, 2.24) is 10.2 Å². The summed E-state index contributed by atoms with van der Waals surface area (Å²) in [6.07, 6.45) is 0. The zero-order valence-electron chi connectivity index (χ0n) is 12.1. The van der Waals surface area contributed by atoms with E-state index in [0.29, 0.717) is 17.1 Å². The number of nitrogens with zero attached hydrogens (tertiary/aromatic N) is 1. The van der Waals surface area contributed by atoms with E-state index in [1.807, 2.05) is 11.8 Å². The second-order valence-electron chi connectivity index (χ2n) is 4.55. The Kier molecular flexibility index (Phi) is 6.10. The van der Waals surface area contributed by atoms with Crippen LogP contribution in [-0.4, -0.2) is 51.2 Å². The molecule has 0 radical (unpaired) electrons. The van der Waals surface area contributed by atoms with Gasteiger partial charge in [0.2, 0.25) is 0 Å². The van der Waals surface area contributed by atoms with Crippen molar-refractivity contribution in [3.05, 3.63) is 23.3 Å². The smallest absolute Gasteiger partial charge is 0.254 e. The SMILES string of the molecule is COc1cc(C(=O)N2CCNCC2)cc(OC)c1C.Cl. The minimum absolute atomic E-state index is 0. The lowest BCUT2D eigenvalue weighted by Gasteiger charge is -2.27. The fourth-order valence-corrected chi connectivity index (χ4v) is 2.26. The molecule has 1 saturated heterocycles. The average molecular weight is 301 g/mol. The third-order valence-electron chi connectivity index (χ3n) is 3.40. The Morgan fingerprint density at radius 3 is 2.10 bits per heavy atom. The number of ether oxygens (including phenoxy) is 2. The second kappa shape index (κ2) is 7.36. The monoisotopic (exact) mass is 300 g/mol. The molecule has 1 aromatic carbocycles. The Morgan fingerprint density at radius 2 is 1.65 bits per heavy atom. The third kappa shape index (κ3) is 3.35. The Labute approximate surface area is 125 Å². The van der Waals surface area contributed by atoms with Gasteiger partial charge in [-0.1, -0.05) is 0 Å². The van der Waals surface area contributed by atoms with Crippen LogP contribution in [0.25, 0.3) is 0 Å². The topological polar surface area (TPSA) is 50.8 Å². The summed E-state index contributed by atoms with van der Waals surface area (Å²) < 4.78 is 10.6. The van der Waals surface area contributed by atoms with E-state index >= 15 is 0 Å². The fraction of sp³-hybridized carbons (Fsp3) is 0.500. The van der Waals surface area contributed by atoms with Gasteiger partial charge < -0.3 is 19.7 Å². The Balaban J connectivity index is 0.00000200. The number of piperazine rings is 1. The van der Waals surface area contributed by atoms with Crippen LogP contribution in [0.2, 0.25) is 0 Å². The fourth-order valence-electron chi connectivity index (χ4n) is 2.26. The number of halogens is 1. The summed E-state index contributed by atoms with van der Waals surface area (Å²) in [5.41, 5.74) is 1.52. The Morgan fingerprint density at radius 1 is 1.15 bits per heavy atom. The van der Waals surface area contributed by atoms with E-state index in [1.54, 1.807) is 26.4 Å². The van der Waals surface area contributed by atoms with Gasteiger partial charge in [-0.2, -0.15) is 0 Å². The van der Waals surface area contributed by atoms with Crippen molar-refractivity contribution in [3.63, 3.8) is 0 Å². The van der Waals surface area contributed by atoms with Crippen LogP contribution in [-0.2, 0) is 0 Å². The van der Waals surface area contributed by atoms with Crippen molar-refractivity contribution < 1.29 is 14.3 Å². The number of hydrogen-bond donors (Lipinski definition) is 1. The molecule has 1 aliphatic heterocycles. The largest absolute Gasteiger partial charge is 0.496 e. The van der Waals surface area contributed by atoms with Gasteiger partial charge >= 0.3 is 0 Å². The Bertz CT molecular complexity index is 448. The average Bonchev–Trinajstić information content (AvgIpc) is 2.47. The number of benzene rings is 1. The maximum atomic E-state index is 12.4. The first kappa shape index (κ1) is 16.6. The third-order valence-corrected chi connectivity index (χ3v) is 3.40. The quantitative estimate of drug-likeness (QED) is 0.919. The second-order valence-corrected chi connectivity index (χ2v) is 4.55. The summed E-state index contributed by atoms with van der Waals surface area (Å²) in [6, 6.07) is 3.56. The van der Waals surface area contributed by atoms with Gasteiger partial charge in [-0.05, 0) is 19.1 Å². The van der Waals surface area contributed by atoms with Crippen LogP contribution in [0, 0.1) is 6.92 Å². The predicted molar refractivity (Wildman–Crippen MR) is 80.3 cm³/mol.